The van der Waals surface area contributed by atoms with Crippen LogP contribution in [0.4, 0.5) is 4.39 Å². The minimum Gasteiger partial charge on any atom is -0.461 e. The average Bonchev–Trinajstić information content (AvgIpc) is 3.11. The van der Waals surface area contributed by atoms with Gasteiger partial charge < -0.3 is 14.6 Å². The fourth-order valence-corrected chi connectivity index (χ4v) is 3.69. The molecule has 0 aliphatic carbocycles. The molecule has 0 unspecified atom stereocenters. The Balaban J connectivity index is 1.98. The maximum Gasteiger partial charge on any atom is 0.355 e. The van der Waals surface area contributed by atoms with Gasteiger partial charge in [0.2, 0.25) is 0 Å². The standard InChI is InChI=1S/C25H26FN3O4/c1-5-33-25(32)22-15(2)21(16(3)28-22)23(30)17(4)29(14-20-8-6-7-13-27-20)24(31)18-9-11-19(26)12-10-18/h6-13,17,28H,5,14H2,1-4H3/t17-/m0/s1. The van der Waals surface area contributed by atoms with Crippen molar-refractivity contribution in [3.63, 3.8) is 0 Å². The summed E-state index contributed by atoms with van der Waals surface area (Å²) in [4.78, 5) is 47.8. The number of halogens is 1. The van der Waals surface area contributed by atoms with E-state index in [9.17, 15) is 18.8 Å². The second-order valence-corrected chi connectivity index (χ2v) is 7.65. The van der Waals surface area contributed by atoms with Gasteiger partial charge in [-0.15, -0.1) is 0 Å². The van der Waals surface area contributed by atoms with Gasteiger partial charge in [-0.05, 0) is 69.7 Å². The Morgan fingerprint density at radius 1 is 1.12 bits per heavy atom. The first-order chi connectivity index (χ1) is 15.7. The van der Waals surface area contributed by atoms with Crippen LogP contribution in [0.1, 0.15) is 62.0 Å². The monoisotopic (exact) mass is 451 g/mol. The number of carbonyl (C=O) groups is 3. The molecule has 2 heterocycles. The zero-order valence-corrected chi connectivity index (χ0v) is 19.0. The van der Waals surface area contributed by atoms with Crippen molar-refractivity contribution in [3.8, 4) is 0 Å². The summed E-state index contributed by atoms with van der Waals surface area (Å²) in [6.07, 6.45) is 1.61. The van der Waals surface area contributed by atoms with E-state index in [4.69, 9.17) is 4.74 Å². The Kier molecular flexibility index (Phi) is 7.37. The summed E-state index contributed by atoms with van der Waals surface area (Å²) in [6, 6.07) is 9.59. The summed E-state index contributed by atoms with van der Waals surface area (Å²) < 4.78 is 18.5. The van der Waals surface area contributed by atoms with Crippen LogP contribution in [-0.4, -0.2) is 45.2 Å². The number of pyridine rings is 1. The highest BCUT2D eigenvalue weighted by atomic mass is 19.1. The fourth-order valence-electron chi connectivity index (χ4n) is 3.69. The van der Waals surface area contributed by atoms with E-state index >= 15 is 0 Å². The van der Waals surface area contributed by atoms with Crippen molar-refractivity contribution < 1.29 is 23.5 Å². The number of benzene rings is 1. The van der Waals surface area contributed by atoms with Gasteiger partial charge in [0.1, 0.15) is 11.5 Å². The summed E-state index contributed by atoms with van der Waals surface area (Å²) in [7, 11) is 0. The third-order valence-corrected chi connectivity index (χ3v) is 5.42. The number of aryl methyl sites for hydroxylation is 1. The van der Waals surface area contributed by atoms with Crippen molar-refractivity contribution in [3.05, 3.63) is 88.3 Å². The summed E-state index contributed by atoms with van der Waals surface area (Å²) in [5.41, 5.74) is 2.38. The Hall–Kier alpha value is -3.81. The van der Waals surface area contributed by atoms with Gasteiger partial charge in [-0.3, -0.25) is 14.6 Å². The predicted molar refractivity (Wildman–Crippen MR) is 121 cm³/mol. The lowest BCUT2D eigenvalue weighted by Crippen LogP contribution is -2.43. The number of carbonyl (C=O) groups excluding carboxylic acids is 3. The molecule has 0 aliphatic heterocycles. The van der Waals surface area contributed by atoms with E-state index in [1.54, 1.807) is 52.1 Å². The molecule has 1 aromatic carbocycles. The van der Waals surface area contributed by atoms with Crippen molar-refractivity contribution in [1.82, 2.24) is 14.9 Å². The summed E-state index contributed by atoms with van der Waals surface area (Å²) >= 11 is 0. The van der Waals surface area contributed by atoms with E-state index in [0.717, 1.165) is 0 Å². The highest BCUT2D eigenvalue weighted by Crippen LogP contribution is 2.23. The van der Waals surface area contributed by atoms with Crippen LogP contribution in [0.15, 0.2) is 48.7 Å². The van der Waals surface area contributed by atoms with Crippen LogP contribution in [0.25, 0.3) is 0 Å². The van der Waals surface area contributed by atoms with Crippen LogP contribution in [0.2, 0.25) is 0 Å². The molecule has 0 fully saturated rings. The van der Waals surface area contributed by atoms with Gasteiger partial charge in [0.15, 0.2) is 5.78 Å². The number of rotatable bonds is 8. The maximum atomic E-state index is 13.6. The molecule has 1 atom stereocenters. The molecule has 2 aromatic heterocycles. The topological polar surface area (TPSA) is 92.4 Å². The maximum absolute atomic E-state index is 13.6. The smallest absolute Gasteiger partial charge is 0.355 e. The van der Waals surface area contributed by atoms with E-state index in [2.05, 4.69) is 9.97 Å². The van der Waals surface area contributed by atoms with Crippen LogP contribution < -0.4 is 0 Å². The molecule has 0 saturated carbocycles. The molecule has 3 aromatic rings. The molecule has 3 rings (SSSR count). The number of aromatic amines is 1. The number of amides is 1. The SMILES string of the molecule is CCOC(=O)c1[nH]c(C)c(C(=O)[C@H](C)N(Cc2ccccn2)C(=O)c2ccc(F)cc2)c1C. The van der Waals surface area contributed by atoms with E-state index in [1.165, 1.54) is 29.2 Å². The van der Waals surface area contributed by atoms with Crippen LogP contribution in [0, 0.1) is 19.7 Å². The number of H-pyrrole nitrogens is 1. The largest absolute Gasteiger partial charge is 0.461 e. The van der Waals surface area contributed by atoms with E-state index in [-0.39, 0.29) is 30.2 Å². The van der Waals surface area contributed by atoms with Crippen molar-refractivity contribution in [2.45, 2.75) is 40.3 Å². The van der Waals surface area contributed by atoms with E-state index in [1.807, 2.05) is 0 Å². The van der Waals surface area contributed by atoms with Gasteiger partial charge in [0, 0.05) is 23.0 Å². The third kappa shape index (κ3) is 5.16. The number of Topliss-reactive ketones (excluding diaryl/α,β-unsaturated/α-hetero) is 1. The lowest BCUT2D eigenvalue weighted by atomic mass is 9.99. The molecule has 1 amide bonds. The molecule has 0 spiro atoms. The summed E-state index contributed by atoms with van der Waals surface area (Å²) in [6.45, 7) is 6.98. The molecule has 0 saturated heterocycles. The lowest BCUT2D eigenvalue weighted by molar-refractivity contribution is 0.0518. The Bertz CT molecular complexity index is 1160. The first kappa shape index (κ1) is 23.8. The number of nitrogens with one attached hydrogen (secondary N) is 1. The summed E-state index contributed by atoms with van der Waals surface area (Å²) in [5, 5.41) is 0. The number of hydrogen-bond donors (Lipinski definition) is 1. The van der Waals surface area contributed by atoms with Crippen molar-refractivity contribution in [2.75, 3.05) is 6.61 Å². The van der Waals surface area contributed by atoms with Gasteiger partial charge >= 0.3 is 5.97 Å². The molecule has 172 valence electrons. The highest BCUT2D eigenvalue weighted by molar-refractivity contribution is 6.07. The average molecular weight is 451 g/mol. The Morgan fingerprint density at radius 2 is 1.82 bits per heavy atom. The minimum absolute atomic E-state index is 0.0806. The first-order valence-electron chi connectivity index (χ1n) is 10.6. The zero-order chi connectivity index (χ0) is 24.1. The van der Waals surface area contributed by atoms with Crippen molar-refractivity contribution in [2.24, 2.45) is 0 Å². The van der Waals surface area contributed by atoms with Crippen LogP contribution >= 0.6 is 0 Å². The van der Waals surface area contributed by atoms with Crippen molar-refractivity contribution in [1.29, 1.82) is 0 Å². The molecule has 33 heavy (non-hydrogen) atoms. The molecular formula is C25H26FN3O4. The quantitative estimate of drug-likeness (QED) is 0.408. The molecule has 1 N–H and O–H groups in total. The van der Waals surface area contributed by atoms with Gasteiger partial charge in [-0.2, -0.15) is 0 Å². The number of esters is 1. The van der Waals surface area contributed by atoms with Crippen LogP contribution in [0.3, 0.4) is 0 Å². The summed E-state index contributed by atoms with van der Waals surface area (Å²) in [5.74, 6) is -1.77. The second kappa shape index (κ2) is 10.2. The van der Waals surface area contributed by atoms with Gasteiger partial charge in [-0.1, -0.05) is 6.07 Å². The Labute approximate surface area is 191 Å². The number of nitrogens with zero attached hydrogens (tertiary/aromatic N) is 2. The molecule has 0 aliphatic rings. The fraction of sp³-hybridized carbons (Fsp3) is 0.280. The number of hydrogen-bond acceptors (Lipinski definition) is 5. The molecule has 0 bridgehead atoms. The van der Waals surface area contributed by atoms with Gasteiger partial charge in [-0.25, -0.2) is 9.18 Å². The van der Waals surface area contributed by atoms with Gasteiger partial charge in [0.25, 0.3) is 5.91 Å². The number of ketones is 1. The van der Waals surface area contributed by atoms with Gasteiger partial charge in [0.05, 0.1) is 24.9 Å². The second-order valence-electron chi connectivity index (χ2n) is 7.65. The van der Waals surface area contributed by atoms with Crippen LogP contribution in [-0.2, 0) is 11.3 Å². The predicted octanol–water partition coefficient (Wildman–Crippen LogP) is 4.26. The molecule has 8 heteroatoms. The van der Waals surface area contributed by atoms with E-state index < -0.39 is 23.7 Å². The normalized spacial score (nSPS) is 11.7. The first-order valence-corrected chi connectivity index (χ1v) is 10.6. The molecular weight excluding hydrogens is 425 g/mol. The lowest BCUT2D eigenvalue weighted by Gasteiger charge is -2.28. The van der Waals surface area contributed by atoms with Crippen molar-refractivity contribution >= 4 is 17.7 Å². The minimum atomic E-state index is -0.882. The third-order valence-electron chi connectivity index (χ3n) is 5.42. The Morgan fingerprint density at radius 3 is 2.42 bits per heavy atom. The number of aromatic nitrogens is 2. The van der Waals surface area contributed by atoms with E-state index in [0.29, 0.717) is 22.5 Å². The highest BCUT2D eigenvalue weighted by Gasteiger charge is 2.32. The van der Waals surface area contributed by atoms with Crippen LogP contribution in [0.5, 0.6) is 0 Å². The molecule has 0 radical (unpaired) electrons. The molecule has 7 nitrogen and oxygen atoms in total. The number of ether oxygens (including phenoxy) is 1. The zero-order valence-electron chi connectivity index (χ0n) is 19.0.